The van der Waals surface area contributed by atoms with Gasteiger partial charge in [0, 0.05) is 49.1 Å². The number of pyridine rings is 1. The van der Waals surface area contributed by atoms with Gasteiger partial charge in [-0.3, -0.25) is 19.4 Å². The molecule has 1 unspecified atom stereocenters. The van der Waals surface area contributed by atoms with Crippen LogP contribution in [0.25, 0.3) is 0 Å². The molecule has 0 bridgehead atoms. The standard InChI is InChI=1S/C22H27NO4/c1-21(2)9-14(24)19(15(25)10-21)18(13-7-5-6-8-23-13)20-16(26)11-22(3,4)12-17(20)27/h5-8,18-19,26H,9-12H2,1-4H3. The number of aromatic nitrogens is 1. The fourth-order valence-corrected chi connectivity index (χ4v) is 4.48. The molecule has 1 heterocycles. The molecule has 0 spiro atoms. The lowest BCUT2D eigenvalue weighted by Crippen LogP contribution is -2.43. The number of allylic oxidation sites excluding steroid dienone is 2. The first-order chi connectivity index (χ1) is 12.5. The van der Waals surface area contributed by atoms with Crippen molar-refractivity contribution in [3.63, 3.8) is 0 Å². The molecule has 3 rings (SSSR count). The summed E-state index contributed by atoms with van der Waals surface area (Å²) in [7, 11) is 0. The second-order valence-corrected chi connectivity index (χ2v) is 9.46. The van der Waals surface area contributed by atoms with Crippen LogP contribution in [0.4, 0.5) is 0 Å². The minimum absolute atomic E-state index is 0.0164. The van der Waals surface area contributed by atoms with Gasteiger partial charge in [-0.05, 0) is 23.0 Å². The van der Waals surface area contributed by atoms with Crippen LogP contribution in [0.15, 0.2) is 35.7 Å². The molecule has 0 amide bonds. The van der Waals surface area contributed by atoms with E-state index in [9.17, 15) is 19.5 Å². The molecule has 2 aliphatic carbocycles. The van der Waals surface area contributed by atoms with Gasteiger partial charge in [-0.15, -0.1) is 0 Å². The molecule has 1 atom stereocenters. The monoisotopic (exact) mass is 369 g/mol. The number of hydrogen-bond acceptors (Lipinski definition) is 5. The Morgan fingerprint density at radius 1 is 0.963 bits per heavy atom. The van der Waals surface area contributed by atoms with Gasteiger partial charge in [-0.25, -0.2) is 0 Å². The molecule has 0 aliphatic heterocycles. The van der Waals surface area contributed by atoms with Crippen molar-refractivity contribution < 1.29 is 19.5 Å². The molecule has 0 saturated heterocycles. The van der Waals surface area contributed by atoms with Gasteiger partial charge < -0.3 is 5.11 Å². The SMILES string of the molecule is CC1(C)CC(=O)C(C(C2=C(O)CC(C)(C)CC2=O)c2ccccn2)C(=O)C1. The molecule has 1 aromatic heterocycles. The zero-order valence-corrected chi connectivity index (χ0v) is 16.4. The van der Waals surface area contributed by atoms with Crippen LogP contribution in [0.3, 0.4) is 0 Å². The van der Waals surface area contributed by atoms with Crippen molar-refractivity contribution >= 4 is 17.3 Å². The summed E-state index contributed by atoms with van der Waals surface area (Å²) in [6.45, 7) is 7.65. The zero-order valence-electron chi connectivity index (χ0n) is 16.4. The number of rotatable bonds is 3. The number of hydrogen-bond donors (Lipinski definition) is 1. The number of nitrogens with zero attached hydrogens (tertiary/aromatic N) is 1. The summed E-state index contributed by atoms with van der Waals surface area (Å²) < 4.78 is 0. The summed E-state index contributed by atoms with van der Waals surface area (Å²) in [6, 6.07) is 5.23. The number of aliphatic hydroxyl groups excluding tert-OH is 1. The Labute approximate surface area is 159 Å². The normalized spacial score (nSPS) is 24.2. The lowest BCUT2D eigenvalue weighted by molar-refractivity contribution is -0.140. The van der Waals surface area contributed by atoms with Crippen LogP contribution in [0.5, 0.6) is 0 Å². The smallest absolute Gasteiger partial charge is 0.163 e. The Bertz CT molecular complexity index is 800. The second-order valence-electron chi connectivity index (χ2n) is 9.46. The number of ketones is 3. The van der Waals surface area contributed by atoms with Gasteiger partial charge in [0.1, 0.15) is 17.3 Å². The molecule has 144 valence electrons. The van der Waals surface area contributed by atoms with Gasteiger partial charge in [0.05, 0.1) is 5.92 Å². The lowest BCUT2D eigenvalue weighted by atomic mass is 9.63. The first kappa shape index (κ1) is 19.5. The molecule has 5 nitrogen and oxygen atoms in total. The summed E-state index contributed by atoms with van der Waals surface area (Å²) in [4.78, 5) is 43.2. The third kappa shape index (κ3) is 3.87. The third-order valence-corrected chi connectivity index (χ3v) is 5.55. The van der Waals surface area contributed by atoms with Gasteiger partial charge in [-0.1, -0.05) is 33.8 Å². The molecular formula is C22H27NO4. The lowest BCUT2D eigenvalue weighted by Gasteiger charge is -2.38. The van der Waals surface area contributed by atoms with Crippen molar-refractivity contribution in [2.75, 3.05) is 0 Å². The number of aliphatic hydroxyl groups is 1. The number of carbonyl (C=O) groups is 3. The Morgan fingerprint density at radius 3 is 2.07 bits per heavy atom. The largest absolute Gasteiger partial charge is 0.512 e. The van der Waals surface area contributed by atoms with E-state index in [0.29, 0.717) is 12.1 Å². The van der Waals surface area contributed by atoms with Crippen LogP contribution in [0.2, 0.25) is 0 Å². The van der Waals surface area contributed by atoms with Gasteiger partial charge in [0.25, 0.3) is 0 Å². The minimum atomic E-state index is -0.963. The van der Waals surface area contributed by atoms with Crippen molar-refractivity contribution in [1.82, 2.24) is 4.98 Å². The highest BCUT2D eigenvalue weighted by Gasteiger charge is 2.48. The molecular weight excluding hydrogens is 342 g/mol. The first-order valence-electron chi connectivity index (χ1n) is 9.42. The van der Waals surface area contributed by atoms with Gasteiger partial charge in [0.2, 0.25) is 0 Å². The number of carbonyl (C=O) groups excluding carboxylic acids is 3. The highest BCUT2D eigenvalue weighted by molar-refractivity contribution is 6.09. The highest BCUT2D eigenvalue weighted by Crippen LogP contribution is 2.46. The molecule has 27 heavy (non-hydrogen) atoms. The summed E-state index contributed by atoms with van der Waals surface area (Å²) in [6.07, 6.45) is 2.76. The van der Waals surface area contributed by atoms with E-state index < -0.39 is 11.8 Å². The fourth-order valence-electron chi connectivity index (χ4n) is 4.48. The van der Waals surface area contributed by atoms with Crippen LogP contribution in [-0.2, 0) is 14.4 Å². The van der Waals surface area contributed by atoms with Gasteiger partial charge >= 0.3 is 0 Å². The van der Waals surface area contributed by atoms with E-state index in [4.69, 9.17) is 0 Å². The minimum Gasteiger partial charge on any atom is -0.512 e. The van der Waals surface area contributed by atoms with Crippen LogP contribution >= 0.6 is 0 Å². The molecule has 0 aromatic carbocycles. The molecule has 1 aromatic rings. The average Bonchev–Trinajstić information content (AvgIpc) is 2.50. The van der Waals surface area contributed by atoms with Gasteiger partial charge in [-0.2, -0.15) is 0 Å². The maximum absolute atomic E-state index is 13.0. The molecule has 0 radical (unpaired) electrons. The maximum atomic E-state index is 13.0. The van der Waals surface area contributed by atoms with E-state index in [1.807, 2.05) is 27.7 Å². The predicted octanol–water partition coefficient (Wildman–Crippen LogP) is 3.94. The summed E-state index contributed by atoms with van der Waals surface area (Å²) in [5.74, 6) is -2.35. The van der Waals surface area contributed by atoms with E-state index in [2.05, 4.69) is 4.98 Å². The number of Topliss-reactive ketones (excluding diaryl/α,β-unsaturated/α-hetero) is 3. The van der Waals surface area contributed by atoms with Crippen molar-refractivity contribution in [2.24, 2.45) is 16.7 Å². The van der Waals surface area contributed by atoms with E-state index in [1.165, 1.54) is 0 Å². The summed E-state index contributed by atoms with van der Waals surface area (Å²) >= 11 is 0. The van der Waals surface area contributed by atoms with Crippen molar-refractivity contribution in [1.29, 1.82) is 0 Å². The Morgan fingerprint density at radius 2 is 1.56 bits per heavy atom. The van der Waals surface area contributed by atoms with E-state index >= 15 is 0 Å². The highest BCUT2D eigenvalue weighted by atomic mass is 16.3. The predicted molar refractivity (Wildman–Crippen MR) is 101 cm³/mol. The molecule has 2 aliphatic rings. The summed E-state index contributed by atoms with van der Waals surface area (Å²) in [5, 5.41) is 10.7. The summed E-state index contributed by atoms with van der Waals surface area (Å²) in [5.41, 5.74) is -0.0473. The van der Waals surface area contributed by atoms with Crippen molar-refractivity contribution in [3.05, 3.63) is 41.4 Å². The maximum Gasteiger partial charge on any atom is 0.163 e. The van der Waals surface area contributed by atoms with Crippen LogP contribution in [-0.4, -0.2) is 27.4 Å². The zero-order chi connectivity index (χ0) is 20.0. The van der Waals surface area contributed by atoms with Crippen LogP contribution in [0.1, 0.15) is 65.0 Å². The molecule has 5 heteroatoms. The quantitative estimate of drug-likeness (QED) is 0.816. The first-order valence-corrected chi connectivity index (χ1v) is 9.42. The Balaban J connectivity index is 2.13. The molecule has 1 fully saturated rings. The molecule has 1 saturated carbocycles. The Hall–Kier alpha value is -2.30. The van der Waals surface area contributed by atoms with Crippen molar-refractivity contribution in [2.45, 2.75) is 59.3 Å². The molecule has 1 N–H and O–H groups in total. The van der Waals surface area contributed by atoms with Crippen molar-refractivity contribution in [3.8, 4) is 0 Å². The van der Waals surface area contributed by atoms with Crippen LogP contribution < -0.4 is 0 Å². The second kappa shape index (κ2) is 6.70. The average molecular weight is 369 g/mol. The van der Waals surface area contributed by atoms with Gasteiger partial charge in [0.15, 0.2) is 5.78 Å². The van der Waals surface area contributed by atoms with E-state index in [1.54, 1.807) is 24.4 Å². The Kier molecular flexibility index (Phi) is 4.83. The van der Waals surface area contributed by atoms with E-state index in [-0.39, 0.29) is 58.8 Å². The van der Waals surface area contributed by atoms with Crippen LogP contribution in [0, 0.1) is 16.7 Å². The fraction of sp³-hybridized carbons (Fsp3) is 0.545. The van der Waals surface area contributed by atoms with E-state index in [0.717, 1.165) is 0 Å². The topological polar surface area (TPSA) is 84.3 Å². The third-order valence-electron chi connectivity index (χ3n) is 5.55.